The third kappa shape index (κ3) is 3.10. The van der Waals surface area contributed by atoms with Crippen LogP contribution in [0.2, 0.25) is 0 Å². The number of anilines is 2. The highest BCUT2D eigenvalue weighted by atomic mass is 32.2. The number of hydrogen-bond donors (Lipinski definition) is 2. The molecular weight excluding hydrogens is 278 g/mol. The number of carbonyl (C=O) groups is 1. The van der Waals surface area contributed by atoms with Crippen molar-refractivity contribution in [2.45, 2.75) is 26.7 Å². The van der Waals surface area contributed by atoms with Crippen LogP contribution in [0, 0.1) is 0 Å². The van der Waals surface area contributed by atoms with Crippen molar-refractivity contribution in [3.8, 4) is 0 Å². The first-order chi connectivity index (χ1) is 9.46. The quantitative estimate of drug-likeness (QED) is 0.829. The molecule has 0 spiro atoms. The number of nitrogens with one attached hydrogen (secondary N) is 2. The fraction of sp³-hybridized carbons (Fsp3) is 0.462. The van der Waals surface area contributed by atoms with Crippen LogP contribution in [0.3, 0.4) is 0 Å². The summed E-state index contributed by atoms with van der Waals surface area (Å²) < 4.78 is 28.4. The molecule has 1 aliphatic rings. The zero-order valence-corrected chi connectivity index (χ0v) is 12.5. The first-order valence-electron chi connectivity index (χ1n) is 6.67. The van der Waals surface area contributed by atoms with Gasteiger partial charge in [0.1, 0.15) is 0 Å². The first kappa shape index (κ1) is 14.8. The van der Waals surface area contributed by atoms with Crippen molar-refractivity contribution in [1.82, 2.24) is 4.72 Å². The maximum Gasteiger partial charge on any atom is 0.299 e. The number of fused-ring (bicyclic) bond motifs is 1. The fourth-order valence-corrected chi connectivity index (χ4v) is 3.20. The number of hydrogen-bond acceptors (Lipinski definition) is 3. The smallest absolute Gasteiger partial charge is 0.299 e. The Balaban J connectivity index is 2.17. The van der Waals surface area contributed by atoms with Crippen molar-refractivity contribution < 1.29 is 13.2 Å². The van der Waals surface area contributed by atoms with E-state index in [-0.39, 0.29) is 5.91 Å². The highest BCUT2D eigenvalue weighted by molar-refractivity contribution is 7.90. The van der Waals surface area contributed by atoms with Crippen molar-refractivity contribution in [1.29, 1.82) is 0 Å². The molecule has 1 heterocycles. The molecule has 0 saturated heterocycles. The lowest BCUT2D eigenvalue weighted by atomic mass is 10.1. The van der Waals surface area contributed by atoms with Crippen molar-refractivity contribution in [3.63, 3.8) is 0 Å². The van der Waals surface area contributed by atoms with Gasteiger partial charge >= 0.3 is 0 Å². The predicted molar refractivity (Wildman–Crippen MR) is 79.0 cm³/mol. The summed E-state index contributed by atoms with van der Waals surface area (Å²) in [7, 11) is -3.55. The second-order valence-corrected chi connectivity index (χ2v) is 6.16. The molecule has 1 amide bonds. The number of rotatable bonds is 6. The normalized spacial score (nSPS) is 14.5. The largest absolute Gasteiger partial charge is 0.312 e. The minimum atomic E-state index is -3.55. The van der Waals surface area contributed by atoms with E-state index < -0.39 is 10.2 Å². The van der Waals surface area contributed by atoms with Gasteiger partial charge in [-0.15, -0.1) is 0 Å². The van der Waals surface area contributed by atoms with E-state index in [1.54, 1.807) is 23.1 Å². The van der Waals surface area contributed by atoms with E-state index in [4.69, 9.17) is 0 Å². The summed E-state index contributed by atoms with van der Waals surface area (Å²) in [5, 5.41) is 0. The van der Waals surface area contributed by atoms with E-state index in [2.05, 4.69) is 9.44 Å². The van der Waals surface area contributed by atoms with Gasteiger partial charge in [-0.05, 0) is 37.1 Å². The van der Waals surface area contributed by atoms with E-state index >= 15 is 0 Å². The Kier molecular flexibility index (Phi) is 4.29. The maximum atomic E-state index is 11.8. The van der Waals surface area contributed by atoms with E-state index in [1.807, 2.05) is 13.8 Å². The molecule has 2 rings (SSSR count). The minimum absolute atomic E-state index is 0.0478. The molecule has 0 aliphatic carbocycles. The SMILES string of the molecule is CCCNS(=O)(=O)Nc1ccc2c(c1)CC(=O)N2CC. The van der Waals surface area contributed by atoms with Gasteiger partial charge in [0.05, 0.1) is 12.1 Å². The van der Waals surface area contributed by atoms with Crippen LogP contribution in [0.5, 0.6) is 0 Å². The Morgan fingerprint density at radius 2 is 2.05 bits per heavy atom. The Hall–Kier alpha value is -1.60. The van der Waals surface area contributed by atoms with Crippen molar-refractivity contribution in [2.24, 2.45) is 0 Å². The molecular formula is C13H19N3O3S. The highest BCUT2D eigenvalue weighted by Gasteiger charge is 2.26. The van der Waals surface area contributed by atoms with Crippen LogP contribution in [0.15, 0.2) is 18.2 Å². The Bertz CT molecular complexity index is 613. The number of carbonyl (C=O) groups excluding carboxylic acids is 1. The van der Waals surface area contributed by atoms with E-state index in [0.717, 1.165) is 17.7 Å². The molecule has 6 nitrogen and oxygen atoms in total. The number of amides is 1. The molecule has 0 unspecified atom stereocenters. The summed E-state index contributed by atoms with van der Waals surface area (Å²) in [6, 6.07) is 5.17. The van der Waals surface area contributed by atoms with E-state index in [9.17, 15) is 13.2 Å². The summed E-state index contributed by atoms with van der Waals surface area (Å²) in [4.78, 5) is 13.5. The molecule has 2 N–H and O–H groups in total. The fourth-order valence-electron chi connectivity index (χ4n) is 2.22. The number of nitrogens with zero attached hydrogens (tertiary/aromatic N) is 1. The molecule has 0 fully saturated rings. The third-order valence-electron chi connectivity index (χ3n) is 3.12. The predicted octanol–water partition coefficient (Wildman–Crippen LogP) is 1.25. The van der Waals surface area contributed by atoms with Crippen LogP contribution in [0.25, 0.3) is 0 Å². The number of benzene rings is 1. The summed E-state index contributed by atoms with van der Waals surface area (Å²) in [6.07, 6.45) is 1.05. The topological polar surface area (TPSA) is 78.5 Å². The Morgan fingerprint density at radius 3 is 2.70 bits per heavy atom. The molecule has 20 heavy (non-hydrogen) atoms. The van der Waals surface area contributed by atoms with E-state index in [0.29, 0.717) is 25.2 Å². The molecule has 0 atom stereocenters. The van der Waals surface area contributed by atoms with Crippen LogP contribution >= 0.6 is 0 Å². The Labute approximate surface area is 119 Å². The van der Waals surface area contributed by atoms with Crippen molar-refractivity contribution >= 4 is 27.5 Å². The van der Waals surface area contributed by atoms with Crippen LogP contribution < -0.4 is 14.3 Å². The summed E-state index contributed by atoms with van der Waals surface area (Å²) >= 11 is 0. The van der Waals surface area contributed by atoms with Crippen LogP contribution in [0.4, 0.5) is 11.4 Å². The molecule has 0 bridgehead atoms. The molecule has 110 valence electrons. The Morgan fingerprint density at radius 1 is 1.30 bits per heavy atom. The summed E-state index contributed by atoms with van der Waals surface area (Å²) in [5.74, 6) is 0.0478. The molecule has 0 saturated carbocycles. The monoisotopic (exact) mass is 297 g/mol. The minimum Gasteiger partial charge on any atom is -0.312 e. The standard InChI is InChI=1S/C13H19N3O3S/c1-3-7-14-20(18,19)15-11-5-6-12-10(8-11)9-13(17)16(12)4-2/h5-6,8,14-15H,3-4,7,9H2,1-2H3. The van der Waals surface area contributed by atoms with Gasteiger partial charge in [0.15, 0.2) is 0 Å². The first-order valence-corrected chi connectivity index (χ1v) is 8.16. The van der Waals surface area contributed by atoms with Crippen LogP contribution in [-0.4, -0.2) is 27.4 Å². The van der Waals surface area contributed by atoms with E-state index in [1.165, 1.54) is 0 Å². The third-order valence-corrected chi connectivity index (χ3v) is 4.21. The molecule has 1 aromatic carbocycles. The molecule has 1 aliphatic heterocycles. The van der Waals surface area contributed by atoms with Crippen LogP contribution in [0.1, 0.15) is 25.8 Å². The maximum absolute atomic E-state index is 11.8. The zero-order valence-electron chi connectivity index (χ0n) is 11.6. The summed E-state index contributed by atoms with van der Waals surface area (Å²) in [5.41, 5.74) is 2.19. The average molecular weight is 297 g/mol. The lowest BCUT2D eigenvalue weighted by Gasteiger charge is -2.15. The van der Waals surface area contributed by atoms with Gasteiger partial charge < -0.3 is 4.90 Å². The molecule has 1 aromatic rings. The highest BCUT2D eigenvalue weighted by Crippen LogP contribution is 2.31. The van der Waals surface area contributed by atoms with Gasteiger partial charge in [-0.1, -0.05) is 6.92 Å². The number of likely N-dealkylation sites (N-methyl/N-ethyl adjacent to an activating group) is 1. The van der Waals surface area contributed by atoms with Gasteiger partial charge in [0.25, 0.3) is 10.2 Å². The molecule has 7 heteroatoms. The lowest BCUT2D eigenvalue weighted by Crippen LogP contribution is -2.30. The molecule has 0 aromatic heterocycles. The van der Waals surface area contributed by atoms with Gasteiger partial charge in [-0.3, -0.25) is 9.52 Å². The lowest BCUT2D eigenvalue weighted by molar-refractivity contribution is -0.117. The molecule has 0 radical (unpaired) electrons. The second kappa shape index (κ2) is 5.80. The van der Waals surface area contributed by atoms with Crippen molar-refractivity contribution in [2.75, 3.05) is 22.7 Å². The van der Waals surface area contributed by atoms with Gasteiger partial charge in [0, 0.05) is 18.8 Å². The van der Waals surface area contributed by atoms with Crippen molar-refractivity contribution in [3.05, 3.63) is 23.8 Å². The van der Waals surface area contributed by atoms with Crippen LogP contribution in [-0.2, 0) is 21.4 Å². The van der Waals surface area contributed by atoms with Gasteiger partial charge in [-0.25, -0.2) is 0 Å². The summed E-state index contributed by atoms with van der Waals surface area (Å²) in [6.45, 7) is 4.82. The second-order valence-electron chi connectivity index (χ2n) is 4.66. The van der Waals surface area contributed by atoms with Gasteiger partial charge in [0.2, 0.25) is 5.91 Å². The average Bonchev–Trinajstić information content (AvgIpc) is 2.70. The van der Waals surface area contributed by atoms with Gasteiger partial charge in [-0.2, -0.15) is 13.1 Å². The zero-order chi connectivity index (χ0) is 14.8.